The zero-order valence-electron chi connectivity index (χ0n) is 11.7. The average Bonchev–Trinajstić information content (AvgIpc) is 2.88. The number of aryl methyl sites for hydroxylation is 1. The van der Waals surface area contributed by atoms with Gasteiger partial charge in [0.25, 0.3) is 5.91 Å². The van der Waals surface area contributed by atoms with Gasteiger partial charge in [-0.3, -0.25) is 9.78 Å². The molecule has 0 saturated heterocycles. The number of hydrogen-bond acceptors (Lipinski definition) is 3. The molecule has 2 aromatic heterocycles. The molecular formula is C16H16N4O. The minimum atomic E-state index is -0.159. The molecule has 0 unspecified atom stereocenters. The van der Waals surface area contributed by atoms with Crippen LogP contribution in [0.5, 0.6) is 0 Å². The van der Waals surface area contributed by atoms with Crippen molar-refractivity contribution in [1.29, 1.82) is 0 Å². The van der Waals surface area contributed by atoms with Crippen LogP contribution >= 0.6 is 0 Å². The van der Waals surface area contributed by atoms with E-state index in [9.17, 15) is 4.79 Å². The number of aromatic amines is 1. The number of nitrogens with one attached hydrogen (secondary N) is 2. The van der Waals surface area contributed by atoms with E-state index in [1.54, 1.807) is 12.1 Å². The van der Waals surface area contributed by atoms with Crippen molar-refractivity contribution in [2.75, 3.05) is 5.73 Å². The number of nitrogen functional groups attached to an aromatic ring is 1. The summed E-state index contributed by atoms with van der Waals surface area (Å²) in [6.07, 6.45) is 0. The number of carbonyl (C=O) groups excluding carboxylic acids is 1. The molecule has 0 aliphatic rings. The number of anilines is 1. The Kier molecular flexibility index (Phi) is 3.31. The van der Waals surface area contributed by atoms with Crippen LogP contribution in [0.15, 0.2) is 42.5 Å². The van der Waals surface area contributed by atoms with Gasteiger partial charge in [0.15, 0.2) is 0 Å². The van der Waals surface area contributed by atoms with E-state index in [1.165, 1.54) is 0 Å². The SMILES string of the molecule is Cc1cccc(CNC(=O)c2cc3cc(N)ccc3[nH]2)n1. The maximum absolute atomic E-state index is 12.2. The second-order valence-corrected chi connectivity index (χ2v) is 4.98. The molecule has 3 rings (SSSR count). The molecule has 1 aromatic carbocycles. The number of H-pyrrole nitrogens is 1. The maximum atomic E-state index is 12.2. The van der Waals surface area contributed by atoms with Gasteiger partial charge in [-0.05, 0) is 43.3 Å². The van der Waals surface area contributed by atoms with Crippen molar-refractivity contribution in [3.05, 3.63) is 59.5 Å². The van der Waals surface area contributed by atoms with E-state index >= 15 is 0 Å². The lowest BCUT2D eigenvalue weighted by Crippen LogP contribution is -2.23. The van der Waals surface area contributed by atoms with Crippen LogP contribution in [0.2, 0.25) is 0 Å². The summed E-state index contributed by atoms with van der Waals surface area (Å²) in [7, 11) is 0. The van der Waals surface area contributed by atoms with E-state index in [4.69, 9.17) is 5.73 Å². The third-order valence-electron chi connectivity index (χ3n) is 3.27. The van der Waals surface area contributed by atoms with Gasteiger partial charge in [0.05, 0.1) is 12.2 Å². The first-order valence-electron chi connectivity index (χ1n) is 6.71. The predicted molar refractivity (Wildman–Crippen MR) is 82.9 cm³/mol. The van der Waals surface area contributed by atoms with Crippen molar-refractivity contribution >= 4 is 22.5 Å². The molecule has 0 bridgehead atoms. The number of hydrogen-bond donors (Lipinski definition) is 3. The molecule has 4 N–H and O–H groups in total. The highest BCUT2D eigenvalue weighted by atomic mass is 16.1. The van der Waals surface area contributed by atoms with E-state index in [2.05, 4.69) is 15.3 Å². The van der Waals surface area contributed by atoms with Crippen LogP contribution in [-0.4, -0.2) is 15.9 Å². The summed E-state index contributed by atoms with van der Waals surface area (Å²) >= 11 is 0. The van der Waals surface area contributed by atoms with Crippen LogP contribution in [-0.2, 0) is 6.54 Å². The molecule has 0 aliphatic carbocycles. The van der Waals surface area contributed by atoms with Crippen LogP contribution in [0.3, 0.4) is 0 Å². The molecule has 0 atom stereocenters. The van der Waals surface area contributed by atoms with Crippen LogP contribution in [0.25, 0.3) is 10.9 Å². The normalized spacial score (nSPS) is 10.7. The third kappa shape index (κ3) is 2.86. The van der Waals surface area contributed by atoms with Crippen molar-refractivity contribution in [2.24, 2.45) is 0 Å². The second-order valence-electron chi connectivity index (χ2n) is 4.98. The first-order chi connectivity index (χ1) is 10.1. The molecule has 0 aliphatic heterocycles. The lowest BCUT2D eigenvalue weighted by atomic mass is 10.2. The van der Waals surface area contributed by atoms with Gasteiger partial charge in [0.1, 0.15) is 5.69 Å². The number of nitrogens with zero attached hydrogens (tertiary/aromatic N) is 1. The van der Waals surface area contributed by atoms with Crippen molar-refractivity contribution in [3.63, 3.8) is 0 Å². The molecule has 0 spiro atoms. The summed E-state index contributed by atoms with van der Waals surface area (Å²) < 4.78 is 0. The molecule has 2 heterocycles. The topological polar surface area (TPSA) is 83.8 Å². The summed E-state index contributed by atoms with van der Waals surface area (Å²) in [5.41, 5.74) is 9.59. The fourth-order valence-electron chi connectivity index (χ4n) is 2.24. The molecule has 3 aromatic rings. The van der Waals surface area contributed by atoms with Crippen LogP contribution < -0.4 is 11.1 Å². The highest BCUT2D eigenvalue weighted by molar-refractivity contribution is 5.98. The summed E-state index contributed by atoms with van der Waals surface area (Å²) in [6, 6.07) is 13.0. The number of carbonyl (C=O) groups is 1. The minimum absolute atomic E-state index is 0.159. The van der Waals surface area contributed by atoms with Crippen molar-refractivity contribution in [2.45, 2.75) is 13.5 Å². The summed E-state index contributed by atoms with van der Waals surface area (Å²) in [5, 5.41) is 3.78. The molecule has 0 fully saturated rings. The molecule has 106 valence electrons. The van der Waals surface area contributed by atoms with Gasteiger partial charge in [-0.1, -0.05) is 6.07 Å². The smallest absolute Gasteiger partial charge is 0.268 e. The minimum Gasteiger partial charge on any atom is -0.399 e. The first kappa shape index (κ1) is 13.2. The lowest BCUT2D eigenvalue weighted by Gasteiger charge is -2.03. The van der Waals surface area contributed by atoms with E-state index in [-0.39, 0.29) is 5.91 Å². The quantitative estimate of drug-likeness (QED) is 0.644. The standard InChI is InChI=1S/C16H16N4O/c1-10-3-2-4-13(19-10)9-18-16(21)15-8-11-7-12(17)5-6-14(11)20-15/h2-8,20H,9,17H2,1H3,(H,18,21). The zero-order valence-corrected chi connectivity index (χ0v) is 11.7. The molecule has 5 heteroatoms. The highest BCUT2D eigenvalue weighted by Crippen LogP contribution is 2.18. The highest BCUT2D eigenvalue weighted by Gasteiger charge is 2.09. The molecular weight excluding hydrogens is 264 g/mol. The monoisotopic (exact) mass is 280 g/mol. The first-order valence-corrected chi connectivity index (χ1v) is 6.71. The number of rotatable bonds is 3. The Balaban J connectivity index is 1.74. The van der Waals surface area contributed by atoms with Crippen molar-refractivity contribution in [3.8, 4) is 0 Å². The Morgan fingerprint density at radius 1 is 1.29 bits per heavy atom. The van der Waals surface area contributed by atoms with Crippen molar-refractivity contribution in [1.82, 2.24) is 15.3 Å². The van der Waals surface area contributed by atoms with Gasteiger partial charge in [-0.25, -0.2) is 0 Å². The predicted octanol–water partition coefficient (Wildman–Crippen LogP) is 2.38. The summed E-state index contributed by atoms with van der Waals surface area (Å²) in [5.74, 6) is -0.159. The van der Waals surface area contributed by atoms with E-state index in [0.717, 1.165) is 22.3 Å². The number of benzene rings is 1. The van der Waals surface area contributed by atoms with Gasteiger partial charge in [-0.15, -0.1) is 0 Å². The Morgan fingerprint density at radius 2 is 2.14 bits per heavy atom. The van der Waals surface area contributed by atoms with Gasteiger partial charge in [0, 0.05) is 22.3 Å². The van der Waals surface area contributed by atoms with Crippen LogP contribution in [0, 0.1) is 6.92 Å². The third-order valence-corrected chi connectivity index (χ3v) is 3.27. The Hall–Kier alpha value is -2.82. The van der Waals surface area contributed by atoms with Crippen LogP contribution in [0.1, 0.15) is 21.9 Å². The second kappa shape index (κ2) is 5.28. The Morgan fingerprint density at radius 3 is 2.95 bits per heavy atom. The van der Waals surface area contributed by atoms with E-state index in [0.29, 0.717) is 17.9 Å². The van der Waals surface area contributed by atoms with Crippen molar-refractivity contribution < 1.29 is 4.79 Å². The molecule has 1 amide bonds. The molecule has 0 radical (unpaired) electrons. The lowest BCUT2D eigenvalue weighted by molar-refractivity contribution is 0.0946. The fraction of sp³-hybridized carbons (Fsp3) is 0.125. The average molecular weight is 280 g/mol. The largest absolute Gasteiger partial charge is 0.399 e. The van der Waals surface area contributed by atoms with Gasteiger partial charge in [-0.2, -0.15) is 0 Å². The number of aromatic nitrogens is 2. The molecule has 0 saturated carbocycles. The van der Waals surface area contributed by atoms with Gasteiger partial charge < -0.3 is 16.0 Å². The number of amides is 1. The molecule has 5 nitrogen and oxygen atoms in total. The van der Waals surface area contributed by atoms with E-state index < -0.39 is 0 Å². The van der Waals surface area contributed by atoms with Gasteiger partial charge in [0.2, 0.25) is 0 Å². The number of pyridine rings is 1. The maximum Gasteiger partial charge on any atom is 0.268 e. The molecule has 21 heavy (non-hydrogen) atoms. The summed E-state index contributed by atoms with van der Waals surface area (Å²) in [6.45, 7) is 2.32. The summed E-state index contributed by atoms with van der Waals surface area (Å²) in [4.78, 5) is 19.6. The fourth-order valence-corrected chi connectivity index (χ4v) is 2.24. The Bertz CT molecular complexity index is 807. The number of fused-ring (bicyclic) bond motifs is 1. The van der Waals surface area contributed by atoms with Gasteiger partial charge >= 0.3 is 0 Å². The van der Waals surface area contributed by atoms with E-state index in [1.807, 2.05) is 37.3 Å². The Labute approximate surface area is 122 Å². The van der Waals surface area contributed by atoms with Crippen LogP contribution in [0.4, 0.5) is 5.69 Å². The zero-order chi connectivity index (χ0) is 14.8. The number of nitrogens with two attached hydrogens (primary N) is 1.